The van der Waals surface area contributed by atoms with Crippen LogP contribution in [0.3, 0.4) is 0 Å². The third-order valence-electron chi connectivity index (χ3n) is 4.50. The zero-order valence-corrected chi connectivity index (χ0v) is 20.6. The van der Waals surface area contributed by atoms with Crippen LogP contribution in [-0.2, 0) is 4.74 Å². The van der Waals surface area contributed by atoms with Crippen LogP contribution in [0.1, 0.15) is 20.8 Å². The summed E-state index contributed by atoms with van der Waals surface area (Å²) in [5.41, 5.74) is 0. The van der Waals surface area contributed by atoms with Crippen LogP contribution >= 0.6 is 24.0 Å². The van der Waals surface area contributed by atoms with E-state index in [-0.39, 0.29) is 36.2 Å². The molecule has 2 unspecified atom stereocenters. The van der Waals surface area contributed by atoms with Crippen molar-refractivity contribution in [3.63, 3.8) is 0 Å². The van der Waals surface area contributed by atoms with E-state index in [2.05, 4.69) is 34.4 Å². The smallest absolute Gasteiger partial charge is 0.191 e. The SMILES string of the molecule is CN=C(NCC(C)Oc1cccc(OC)c1)NCC1CN(CC(C)C)CCO1.I. The first-order valence-corrected chi connectivity index (χ1v) is 10.1. The Morgan fingerprint density at radius 1 is 1.28 bits per heavy atom. The van der Waals surface area contributed by atoms with E-state index in [0.29, 0.717) is 12.5 Å². The van der Waals surface area contributed by atoms with Gasteiger partial charge in [0, 0.05) is 39.3 Å². The van der Waals surface area contributed by atoms with Gasteiger partial charge in [0.25, 0.3) is 0 Å². The van der Waals surface area contributed by atoms with Gasteiger partial charge in [-0.2, -0.15) is 0 Å². The second kappa shape index (κ2) is 13.9. The molecule has 0 saturated carbocycles. The minimum absolute atomic E-state index is 0. The van der Waals surface area contributed by atoms with Crippen LogP contribution in [0.4, 0.5) is 0 Å². The summed E-state index contributed by atoms with van der Waals surface area (Å²) < 4.78 is 17.1. The van der Waals surface area contributed by atoms with Crippen LogP contribution in [-0.4, -0.2) is 76.6 Å². The Bertz CT molecular complexity index is 615. The van der Waals surface area contributed by atoms with Crippen LogP contribution in [0.25, 0.3) is 0 Å². The lowest BCUT2D eigenvalue weighted by molar-refractivity contribution is -0.0284. The van der Waals surface area contributed by atoms with Gasteiger partial charge >= 0.3 is 0 Å². The van der Waals surface area contributed by atoms with Crippen molar-refractivity contribution in [1.82, 2.24) is 15.5 Å². The highest BCUT2D eigenvalue weighted by Gasteiger charge is 2.21. The average molecular weight is 520 g/mol. The lowest BCUT2D eigenvalue weighted by Crippen LogP contribution is -2.50. The van der Waals surface area contributed by atoms with Crippen molar-refractivity contribution in [2.75, 3.05) is 53.5 Å². The van der Waals surface area contributed by atoms with Gasteiger partial charge in [-0.1, -0.05) is 19.9 Å². The molecule has 1 aliphatic rings. The van der Waals surface area contributed by atoms with E-state index >= 15 is 0 Å². The van der Waals surface area contributed by atoms with Crippen LogP contribution in [0.15, 0.2) is 29.3 Å². The maximum atomic E-state index is 5.94. The molecular formula is C21H37IN4O3. The molecule has 0 aromatic heterocycles. The number of benzene rings is 1. The monoisotopic (exact) mass is 520 g/mol. The highest BCUT2D eigenvalue weighted by Crippen LogP contribution is 2.19. The minimum atomic E-state index is -0.0156. The molecule has 2 rings (SSSR count). The predicted molar refractivity (Wildman–Crippen MR) is 129 cm³/mol. The molecule has 2 atom stereocenters. The van der Waals surface area contributed by atoms with E-state index in [0.717, 1.165) is 50.2 Å². The van der Waals surface area contributed by atoms with Gasteiger partial charge in [-0.25, -0.2) is 0 Å². The van der Waals surface area contributed by atoms with Crippen molar-refractivity contribution < 1.29 is 14.2 Å². The summed E-state index contributed by atoms with van der Waals surface area (Å²) >= 11 is 0. The molecule has 0 bridgehead atoms. The molecule has 0 amide bonds. The Labute approximate surface area is 192 Å². The highest BCUT2D eigenvalue weighted by atomic mass is 127. The molecule has 1 saturated heterocycles. The van der Waals surface area contributed by atoms with Gasteiger partial charge in [-0.3, -0.25) is 9.89 Å². The van der Waals surface area contributed by atoms with Gasteiger partial charge in [-0.15, -0.1) is 24.0 Å². The van der Waals surface area contributed by atoms with Crippen LogP contribution < -0.4 is 20.1 Å². The van der Waals surface area contributed by atoms with E-state index < -0.39 is 0 Å². The summed E-state index contributed by atoms with van der Waals surface area (Å²) in [6, 6.07) is 7.63. The first-order chi connectivity index (χ1) is 13.5. The van der Waals surface area contributed by atoms with Gasteiger partial charge < -0.3 is 24.8 Å². The number of hydrogen-bond acceptors (Lipinski definition) is 5. The van der Waals surface area contributed by atoms with E-state index in [9.17, 15) is 0 Å². The maximum Gasteiger partial charge on any atom is 0.191 e. The summed E-state index contributed by atoms with van der Waals surface area (Å²) in [5.74, 6) is 3.00. The molecule has 0 spiro atoms. The van der Waals surface area contributed by atoms with Crippen molar-refractivity contribution in [2.45, 2.75) is 33.0 Å². The zero-order chi connectivity index (χ0) is 20.4. The molecule has 166 valence electrons. The van der Waals surface area contributed by atoms with E-state index in [4.69, 9.17) is 14.2 Å². The molecule has 1 aliphatic heterocycles. The number of halogens is 1. The van der Waals surface area contributed by atoms with Crippen LogP contribution in [0.5, 0.6) is 11.5 Å². The standard InChI is InChI=1S/C21H36N4O3.HI/c1-16(2)14-25-9-10-27-20(15-25)13-24-21(22-4)23-12-17(3)28-19-8-6-7-18(11-19)26-5;/h6-8,11,16-17,20H,9-10,12-15H2,1-5H3,(H2,22,23,24);1H. The molecule has 0 aliphatic carbocycles. The maximum absolute atomic E-state index is 5.94. The average Bonchev–Trinajstić information content (AvgIpc) is 2.68. The van der Waals surface area contributed by atoms with Crippen LogP contribution in [0.2, 0.25) is 0 Å². The number of methoxy groups -OCH3 is 1. The normalized spacial score (nSPS) is 18.7. The largest absolute Gasteiger partial charge is 0.497 e. The number of hydrogen-bond donors (Lipinski definition) is 2. The summed E-state index contributed by atoms with van der Waals surface area (Å²) in [6.07, 6.45) is 0.162. The van der Waals surface area contributed by atoms with Crippen molar-refractivity contribution in [1.29, 1.82) is 0 Å². The van der Waals surface area contributed by atoms with Crippen molar-refractivity contribution in [3.8, 4) is 11.5 Å². The molecule has 1 fully saturated rings. The molecule has 1 aromatic rings. The second-order valence-electron chi connectivity index (χ2n) is 7.59. The van der Waals surface area contributed by atoms with Gasteiger partial charge in [0.2, 0.25) is 0 Å². The third kappa shape index (κ3) is 9.86. The summed E-state index contributed by atoms with van der Waals surface area (Å²) in [4.78, 5) is 6.77. The quantitative estimate of drug-likeness (QED) is 0.297. The Morgan fingerprint density at radius 2 is 2.03 bits per heavy atom. The fraction of sp³-hybridized carbons (Fsp3) is 0.667. The third-order valence-corrected chi connectivity index (χ3v) is 4.50. The molecule has 8 heteroatoms. The summed E-state index contributed by atoms with van der Waals surface area (Å²) in [5, 5.41) is 6.68. The predicted octanol–water partition coefficient (Wildman–Crippen LogP) is 2.60. The summed E-state index contributed by atoms with van der Waals surface area (Å²) in [7, 11) is 3.42. The first kappa shape index (κ1) is 25.8. The Balaban J connectivity index is 0.00000420. The van der Waals surface area contributed by atoms with E-state index in [1.54, 1.807) is 14.2 Å². The van der Waals surface area contributed by atoms with Gasteiger partial charge in [0.15, 0.2) is 5.96 Å². The Morgan fingerprint density at radius 3 is 2.72 bits per heavy atom. The first-order valence-electron chi connectivity index (χ1n) is 10.1. The molecule has 29 heavy (non-hydrogen) atoms. The lowest BCUT2D eigenvalue weighted by atomic mass is 10.2. The number of nitrogens with one attached hydrogen (secondary N) is 2. The molecule has 1 aromatic carbocycles. The Hall–Kier alpha value is -1.26. The van der Waals surface area contributed by atoms with Gasteiger partial charge in [0.05, 0.1) is 26.4 Å². The number of morpholine rings is 1. The second-order valence-corrected chi connectivity index (χ2v) is 7.59. The number of guanidine groups is 1. The topological polar surface area (TPSA) is 67.4 Å². The van der Waals surface area contributed by atoms with E-state index in [1.165, 1.54) is 0 Å². The minimum Gasteiger partial charge on any atom is -0.497 e. The van der Waals surface area contributed by atoms with Crippen molar-refractivity contribution in [2.24, 2.45) is 10.9 Å². The van der Waals surface area contributed by atoms with Gasteiger partial charge in [0.1, 0.15) is 17.6 Å². The van der Waals surface area contributed by atoms with Crippen LogP contribution in [0, 0.1) is 5.92 Å². The lowest BCUT2D eigenvalue weighted by Gasteiger charge is -2.34. The fourth-order valence-corrected chi connectivity index (χ4v) is 3.21. The highest BCUT2D eigenvalue weighted by molar-refractivity contribution is 14.0. The molecule has 2 N–H and O–H groups in total. The van der Waals surface area contributed by atoms with Crippen molar-refractivity contribution in [3.05, 3.63) is 24.3 Å². The summed E-state index contributed by atoms with van der Waals surface area (Å²) in [6.45, 7) is 11.8. The number of aliphatic imine (C=N–C) groups is 1. The number of rotatable bonds is 9. The molecule has 7 nitrogen and oxygen atoms in total. The van der Waals surface area contributed by atoms with E-state index in [1.807, 2.05) is 31.2 Å². The molecular weight excluding hydrogens is 483 g/mol. The molecule has 0 radical (unpaired) electrons. The van der Waals surface area contributed by atoms with Crippen molar-refractivity contribution >= 4 is 29.9 Å². The zero-order valence-electron chi connectivity index (χ0n) is 18.3. The number of ether oxygens (including phenoxy) is 3. The Kier molecular flexibility index (Phi) is 12.3. The van der Waals surface area contributed by atoms with Gasteiger partial charge in [-0.05, 0) is 25.0 Å². The molecule has 1 heterocycles. The number of nitrogens with zero attached hydrogens (tertiary/aromatic N) is 2. The fourth-order valence-electron chi connectivity index (χ4n) is 3.21.